The minimum atomic E-state index is 0. The molecule has 2 aromatic rings. The number of hydrogen-bond acceptors (Lipinski definition) is 3. The molecule has 29 heavy (non-hydrogen) atoms. The maximum absolute atomic E-state index is 12.5. The van der Waals surface area contributed by atoms with E-state index in [1.165, 1.54) is 28.8 Å². The Hall–Kier alpha value is -1.61. The van der Waals surface area contributed by atoms with Gasteiger partial charge in [0.05, 0.1) is 0 Å². The minimum absolute atomic E-state index is 0. The Bertz CT molecular complexity index is 848. The van der Waals surface area contributed by atoms with Crippen molar-refractivity contribution < 1.29 is 4.79 Å². The zero-order valence-corrected chi connectivity index (χ0v) is 20.0. The number of nitrogens with one attached hydrogen (secondary N) is 2. The lowest BCUT2D eigenvalue weighted by Crippen LogP contribution is -2.43. The molecule has 4 rings (SSSR count). The summed E-state index contributed by atoms with van der Waals surface area (Å²) in [6.45, 7) is 3.06. The summed E-state index contributed by atoms with van der Waals surface area (Å²) in [7, 11) is 1.78. The summed E-state index contributed by atoms with van der Waals surface area (Å²) in [5, 5.41) is 8.87. The molecule has 1 fully saturated rings. The molecule has 7 heteroatoms. The lowest BCUT2D eigenvalue weighted by atomic mass is 9.96. The molecule has 1 aromatic carbocycles. The van der Waals surface area contributed by atoms with Crippen LogP contribution in [0.3, 0.4) is 0 Å². The van der Waals surface area contributed by atoms with Crippen molar-refractivity contribution in [1.82, 2.24) is 15.5 Å². The molecular weight excluding hydrogens is 495 g/mol. The molecule has 0 saturated heterocycles. The molecule has 1 saturated carbocycles. The maximum Gasteiger partial charge on any atom is 0.224 e. The Morgan fingerprint density at radius 1 is 1.21 bits per heavy atom. The molecule has 1 aliphatic carbocycles. The van der Waals surface area contributed by atoms with E-state index in [4.69, 9.17) is 0 Å². The third-order valence-corrected chi connectivity index (χ3v) is 6.87. The minimum Gasteiger partial charge on any atom is -0.356 e. The smallest absolute Gasteiger partial charge is 0.224 e. The van der Waals surface area contributed by atoms with Gasteiger partial charge in [-0.1, -0.05) is 30.3 Å². The van der Waals surface area contributed by atoms with Crippen molar-refractivity contribution in [2.45, 2.75) is 37.6 Å². The van der Waals surface area contributed by atoms with Gasteiger partial charge in [-0.05, 0) is 41.8 Å². The second kappa shape index (κ2) is 9.93. The monoisotopic (exact) mass is 524 g/mol. The van der Waals surface area contributed by atoms with Crippen molar-refractivity contribution in [3.63, 3.8) is 0 Å². The van der Waals surface area contributed by atoms with Gasteiger partial charge >= 0.3 is 0 Å². The number of aliphatic imine (C=N–C) groups is 1. The van der Waals surface area contributed by atoms with Gasteiger partial charge in [-0.2, -0.15) is 0 Å². The van der Waals surface area contributed by atoms with E-state index in [-0.39, 0.29) is 35.3 Å². The van der Waals surface area contributed by atoms with E-state index < -0.39 is 0 Å². The van der Waals surface area contributed by atoms with Gasteiger partial charge in [0.25, 0.3) is 0 Å². The summed E-state index contributed by atoms with van der Waals surface area (Å²) < 4.78 is 0. The Balaban J connectivity index is 0.00000240. The van der Waals surface area contributed by atoms with Gasteiger partial charge in [-0.15, -0.1) is 35.3 Å². The van der Waals surface area contributed by atoms with Crippen LogP contribution < -0.4 is 10.6 Å². The number of nitrogens with zero attached hydrogens (tertiary/aromatic N) is 2. The van der Waals surface area contributed by atoms with Gasteiger partial charge in [0.15, 0.2) is 5.96 Å². The number of thiophene rings is 1. The lowest BCUT2D eigenvalue weighted by molar-refractivity contribution is -0.131. The average molecular weight is 524 g/mol. The molecule has 1 aliphatic heterocycles. The van der Waals surface area contributed by atoms with E-state index in [1.54, 1.807) is 18.4 Å². The Morgan fingerprint density at radius 3 is 2.72 bits per heavy atom. The summed E-state index contributed by atoms with van der Waals surface area (Å²) in [4.78, 5) is 20.3. The predicted molar refractivity (Wildman–Crippen MR) is 130 cm³/mol. The van der Waals surface area contributed by atoms with Gasteiger partial charge in [-0.25, -0.2) is 0 Å². The first-order valence-electron chi connectivity index (χ1n) is 10.0. The van der Waals surface area contributed by atoms with Gasteiger partial charge in [0.1, 0.15) is 0 Å². The molecular formula is C22H29IN4OS. The van der Waals surface area contributed by atoms with Crippen molar-refractivity contribution in [3.05, 3.63) is 57.8 Å². The normalized spacial score (nSPS) is 17.1. The van der Waals surface area contributed by atoms with Crippen LogP contribution in [0.1, 0.15) is 35.3 Å². The van der Waals surface area contributed by atoms with Crippen LogP contribution in [-0.4, -0.2) is 43.4 Å². The molecule has 0 unspecified atom stereocenters. The zero-order chi connectivity index (χ0) is 19.4. The topological polar surface area (TPSA) is 56.7 Å². The van der Waals surface area contributed by atoms with Crippen molar-refractivity contribution >= 4 is 47.2 Å². The number of carbonyl (C=O) groups excluding carboxylic acids is 1. The highest BCUT2D eigenvalue weighted by Gasteiger charge is 2.44. The number of amides is 1. The number of halogens is 1. The molecule has 0 atom stereocenters. The summed E-state index contributed by atoms with van der Waals surface area (Å²) in [5.74, 6) is 0.983. The van der Waals surface area contributed by atoms with E-state index in [0.29, 0.717) is 13.0 Å². The fourth-order valence-corrected chi connectivity index (χ4v) is 4.78. The lowest BCUT2D eigenvalue weighted by Gasteiger charge is -2.27. The van der Waals surface area contributed by atoms with Crippen LogP contribution in [0.2, 0.25) is 0 Å². The predicted octanol–water partition coefficient (Wildman–Crippen LogP) is 3.54. The van der Waals surface area contributed by atoms with Crippen molar-refractivity contribution in [3.8, 4) is 0 Å². The van der Waals surface area contributed by atoms with Gasteiger partial charge in [0, 0.05) is 49.9 Å². The molecule has 1 aromatic heterocycles. The third-order valence-electron chi connectivity index (χ3n) is 5.85. The fourth-order valence-electron chi connectivity index (χ4n) is 3.89. The standard InChI is InChI=1S/C22H28N4OS.HI/c1-23-21(25-16-22(10-11-22)18-5-3-2-4-6-18)24-12-7-20(27)26-13-8-19-17(15-26)9-14-28-19;/h2-6,9,14H,7-8,10-13,15-16H2,1H3,(H2,23,24,25);1H. The van der Waals surface area contributed by atoms with E-state index in [2.05, 4.69) is 57.4 Å². The SMILES string of the molecule is CN=C(NCCC(=O)N1CCc2sccc2C1)NCC1(c2ccccc2)CC1.I. The van der Waals surface area contributed by atoms with E-state index in [0.717, 1.165) is 32.0 Å². The largest absolute Gasteiger partial charge is 0.356 e. The van der Waals surface area contributed by atoms with Gasteiger partial charge in [0.2, 0.25) is 5.91 Å². The molecule has 2 N–H and O–H groups in total. The zero-order valence-electron chi connectivity index (χ0n) is 16.8. The summed E-state index contributed by atoms with van der Waals surface area (Å²) in [5.41, 5.74) is 2.94. The fraction of sp³-hybridized carbons (Fsp3) is 0.455. The number of hydrogen-bond donors (Lipinski definition) is 2. The molecule has 156 valence electrons. The first-order chi connectivity index (χ1) is 13.7. The van der Waals surface area contributed by atoms with Crippen LogP contribution in [-0.2, 0) is 23.2 Å². The van der Waals surface area contributed by atoms with Crippen LogP contribution in [0.25, 0.3) is 0 Å². The average Bonchev–Trinajstić information content (AvgIpc) is 3.39. The highest BCUT2D eigenvalue weighted by atomic mass is 127. The Morgan fingerprint density at radius 2 is 2.00 bits per heavy atom. The molecule has 0 radical (unpaired) electrons. The van der Waals surface area contributed by atoms with Crippen molar-refractivity contribution in [2.24, 2.45) is 4.99 Å². The summed E-state index contributed by atoms with van der Waals surface area (Å²) >= 11 is 1.80. The van der Waals surface area contributed by atoms with Crippen LogP contribution in [0.5, 0.6) is 0 Å². The number of rotatable bonds is 6. The highest BCUT2D eigenvalue weighted by Crippen LogP contribution is 2.47. The second-order valence-electron chi connectivity index (χ2n) is 7.68. The first kappa shape index (κ1) is 22.1. The quantitative estimate of drug-likeness (QED) is 0.346. The number of fused-ring (bicyclic) bond motifs is 1. The molecule has 0 bridgehead atoms. The molecule has 1 amide bonds. The van der Waals surface area contributed by atoms with Crippen LogP contribution >= 0.6 is 35.3 Å². The number of benzene rings is 1. The first-order valence-corrected chi connectivity index (χ1v) is 10.9. The van der Waals surface area contributed by atoms with E-state index in [9.17, 15) is 4.79 Å². The molecule has 5 nitrogen and oxygen atoms in total. The molecule has 0 spiro atoms. The Kier molecular flexibility index (Phi) is 7.56. The van der Waals surface area contributed by atoms with Crippen molar-refractivity contribution in [2.75, 3.05) is 26.7 Å². The van der Waals surface area contributed by atoms with E-state index in [1.807, 2.05) is 4.90 Å². The molecule has 2 heterocycles. The summed E-state index contributed by atoms with van der Waals surface area (Å²) in [6, 6.07) is 12.8. The highest BCUT2D eigenvalue weighted by molar-refractivity contribution is 14.0. The second-order valence-corrected chi connectivity index (χ2v) is 8.68. The number of guanidine groups is 1. The number of carbonyl (C=O) groups is 1. The molecule has 2 aliphatic rings. The maximum atomic E-state index is 12.5. The van der Waals surface area contributed by atoms with Gasteiger partial charge < -0.3 is 15.5 Å². The third kappa shape index (κ3) is 5.31. The Labute approximate surface area is 194 Å². The van der Waals surface area contributed by atoms with Crippen LogP contribution in [0, 0.1) is 0 Å². The van der Waals surface area contributed by atoms with Gasteiger partial charge in [-0.3, -0.25) is 9.79 Å². The van der Waals surface area contributed by atoms with Crippen LogP contribution in [0.15, 0.2) is 46.8 Å². The van der Waals surface area contributed by atoms with Crippen molar-refractivity contribution in [1.29, 1.82) is 0 Å². The van der Waals surface area contributed by atoms with Crippen LogP contribution in [0.4, 0.5) is 0 Å². The van der Waals surface area contributed by atoms with E-state index >= 15 is 0 Å². The summed E-state index contributed by atoms with van der Waals surface area (Å²) in [6.07, 6.45) is 3.89.